The SMILES string of the molecule is CC(C)CC1NC(=O)C(CCC(=O)O)NC(=O)C2CCCN2C(=O)CNC(=O)CNC(=O)C(CS)NC(=O)C(Cc2cnc[nH]2)NC(=O)C(Cc2cnc[nH]2)NC1=O. The first-order chi connectivity index (χ1) is 27.6. The molecular weight excluding hydrogens is 781 g/mol. The van der Waals surface area contributed by atoms with Gasteiger partial charge in [-0.2, -0.15) is 12.6 Å². The number of H-pyrrole nitrogens is 2. The summed E-state index contributed by atoms with van der Waals surface area (Å²) < 4.78 is 0. The van der Waals surface area contributed by atoms with Crippen LogP contribution in [-0.4, -0.2) is 145 Å². The van der Waals surface area contributed by atoms with Crippen LogP contribution in [0.1, 0.15) is 57.3 Å². The van der Waals surface area contributed by atoms with E-state index in [0.717, 1.165) is 0 Å². The third kappa shape index (κ3) is 13.3. The van der Waals surface area contributed by atoms with Gasteiger partial charge in [0, 0.05) is 55.3 Å². The van der Waals surface area contributed by atoms with E-state index in [2.05, 4.69) is 69.8 Å². The standard InChI is InChI=1S/C35H50N12O10S/c1-18(2)8-22-32(54)44-23(9-19-11-36-16-40-19)33(55)45-24(10-20-12-37-17-41-20)34(56)46-25(15-58)30(52)39-13-27(48)38-14-28(49)47-7-3-4-26(47)35(57)42-21(31(53)43-22)5-6-29(50)51/h11-12,16-18,21-26,58H,3-10,13-15H2,1-2H3,(H,36,40)(H,37,41)(H,38,48)(H,39,52)(H,42,57)(H,43,53)(H,44,54)(H,45,55)(H,46,56)(H,50,51). The molecule has 6 unspecified atom stereocenters. The molecule has 2 fully saturated rings. The molecule has 6 atom stereocenters. The number of imidazole rings is 2. The topological polar surface area (TPSA) is 319 Å². The Labute approximate surface area is 338 Å². The summed E-state index contributed by atoms with van der Waals surface area (Å²) in [5.41, 5.74) is 0.865. The summed E-state index contributed by atoms with van der Waals surface area (Å²) in [6.07, 6.45) is 5.12. The van der Waals surface area contributed by atoms with E-state index in [4.69, 9.17) is 0 Å². The molecule has 2 aliphatic rings. The number of amides is 8. The number of thiol groups is 1. The molecule has 2 aromatic rings. The predicted molar refractivity (Wildman–Crippen MR) is 205 cm³/mol. The molecule has 2 aromatic heterocycles. The molecule has 58 heavy (non-hydrogen) atoms. The Hall–Kier alpha value is -6.00. The number of aromatic amines is 2. The van der Waals surface area contributed by atoms with E-state index in [1.165, 1.54) is 29.9 Å². The van der Waals surface area contributed by atoms with E-state index >= 15 is 0 Å². The Kier molecular flexibility index (Phi) is 16.6. The lowest BCUT2D eigenvalue weighted by Gasteiger charge is -2.29. The van der Waals surface area contributed by atoms with E-state index in [-0.39, 0.29) is 50.3 Å². The summed E-state index contributed by atoms with van der Waals surface area (Å²) in [5, 5.41) is 27.2. The number of carboxylic acids is 1. The van der Waals surface area contributed by atoms with Gasteiger partial charge in [0.15, 0.2) is 0 Å². The summed E-state index contributed by atoms with van der Waals surface area (Å²) in [6.45, 7) is 2.61. The smallest absolute Gasteiger partial charge is 0.303 e. The summed E-state index contributed by atoms with van der Waals surface area (Å²) in [6, 6.07) is -7.76. The largest absolute Gasteiger partial charge is 0.481 e. The van der Waals surface area contributed by atoms with Gasteiger partial charge in [0.25, 0.3) is 0 Å². The molecule has 8 amide bonds. The highest BCUT2D eigenvalue weighted by molar-refractivity contribution is 7.80. The molecule has 4 rings (SSSR count). The second-order valence-electron chi connectivity index (χ2n) is 14.4. The predicted octanol–water partition coefficient (Wildman–Crippen LogP) is -3.58. The van der Waals surface area contributed by atoms with E-state index in [1.807, 2.05) is 0 Å². The molecule has 0 spiro atoms. The van der Waals surface area contributed by atoms with Gasteiger partial charge in [-0.15, -0.1) is 0 Å². The monoisotopic (exact) mass is 830 g/mol. The lowest BCUT2D eigenvalue weighted by atomic mass is 10.0. The second-order valence-corrected chi connectivity index (χ2v) is 14.7. The van der Waals surface area contributed by atoms with Crippen molar-refractivity contribution in [2.45, 2.75) is 95.0 Å². The fraction of sp³-hybridized carbons (Fsp3) is 0.571. The molecule has 2 saturated heterocycles. The average molecular weight is 831 g/mol. The van der Waals surface area contributed by atoms with Crippen LogP contribution in [0.2, 0.25) is 0 Å². The van der Waals surface area contributed by atoms with E-state index in [1.54, 1.807) is 13.8 Å². The van der Waals surface area contributed by atoms with Crippen molar-refractivity contribution in [1.29, 1.82) is 0 Å². The van der Waals surface area contributed by atoms with Crippen molar-refractivity contribution in [3.05, 3.63) is 36.4 Å². The Morgan fingerprint density at radius 2 is 1.28 bits per heavy atom. The molecule has 2 aliphatic heterocycles. The third-order valence-electron chi connectivity index (χ3n) is 9.39. The van der Waals surface area contributed by atoms with Gasteiger partial charge in [0.1, 0.15) is 36.3 Å². The fourth-order valence-corrected chi connectivity index (χ4v) is 6.67. The molecule has 10 N–H and O–H groups in total. The van der Waals surface area contributed by atoms with Gasteiger partial charge in [0.05, 0.1) is 25.7 Å². The van der Waals surface area contributed by atoms with Crippen molar-refractivity contribution < 1.29 is 48.3 Å². The van der Waals surface area contributed by atoms with E-state index < -0.39 is 109 Å². The molecule has 316 valence electrons. The van der Waals surface area contributed by atoms with E-state index in [0.29, 0.717) is 17.8 Å². The molecule has 23 heteroatoms. The Bertz CT molecular complexity index is 1790. The van der Waals surface area contributed by atoms with E-state index in [9.17, 15) is 48.3 Å². The van der Waals surface area contributed by atoms with Gasteiger partial charge in [-0.25, -0.2) is 9.97 Å². The number of aliphatic carboxylic acids is 1. The van der Waals surface area contributed by atoms with Crippen molar-refractivity contribution in [1.82, 2.24) is 62.1 Å². The lowest BCUT2D eigenvalue weighted by molar-refractivity contribution is -0.140. The summed E-state index contributed by atoms with van der Waals surface area (Å²) in [7, 11) is 0. The zero-order valence-electron chi connectivity index (χ0n) is 32.0. The minimum atomic E-state index is -1.44. The number of rotatable bonds is 10. The summed E-state index contributed by atoms with van der Waals surface area (Å²) in [5.74, 6) is -7.86. The minimum absolute atomic E-state index is 0.0597. The summed E-state index contributed by atoms with van der Waals surface area (Å²) in [4.78, 5) is 135. The lowest BCUT2D eigenvalue weighted by Crippen LogP contribution is -2.61. The van der Waals surface area contributed by atoms with Crippen molar-refractivity contribution in [3.63, 3.8) is 0 Å². The molecule has 0 aromatic carbocycles. The number of carbonyl (C=O) groups is 9. The van der Waals surface area contributed by atoms with Gasteiger partial charge in [-0.3, -0.25) is 43.2 Å². The number of hydrogen-bond donors (Lipinski definition) is 11. The zero-order valence-corrected chi connectivity index (χ0v) is 32.9. The normalized spacial score (nSPS) is 25.0. The molecule has 0 aliphatic carbocycles. The highest BCUT2D eigenvalue weighted by Crippen LogP contribution is 2.18. The van der Waals surface area contributed by atoms with Crippen LogP contribution in [0.4, 0.5) is 0 Å². The zero-order chi connectivity index (χ0) is 42.4. The van der Waals surface area contributed by atoms with Crippen molar-refractivity contribution >= 4 is 65.9 Å². The number of hydrogen-bond acceptors (Lipinski definition) is 12. The number of nitrogens with one attached hydrogen (secondary N) is 9. The van der Waals surface area contributed by atoms with Gasteiger partial charge in [-0.1, -0.05) is 13.8 Å². The first-order valence-electron chi connectivity index (χ1n) is 18.8. The maximum absolute atomic E-state index is 14.1. The number of fused-ring (bicyclic) bond motifs is 1. The molecule has 0 saturated carbocycles. The van der Waals surface area contributed by atoms with Crippen LogP contribution < -0.4 is 37.2 Å². The van der Waals surface area contributed by atoms with Crippen molar-refractivity contribution in [3.8, 4) is 0 Å². The Morgan fingerprint density at radius 1 is 0.741 bits per heavy atom. The third-order valence-corrected chi connectivity index (χ3v) is 9.76. The first-order valence-corrected chi connectivity index (χ1v) is 19.4. The quantitative estimate of drug-likeness (QED) is 0.104. The van der Waals surface area contributed by atoms with Gasteiger partial charge in [-0.05, 0) is 31.6 Å². The number of aromatic nitrogens is 4. The van der Waals surface area contributed by atoms with Gasteiger partial charge in [0.2, 0.25) is 47.3 Å². The Morgan fingerprint density at radius 3 is 1.81 bits per heavy atom. The van der Waals surface area contributed by atoms with Crippen molar-refractivity contribution in [2.24, 2.45) is 5.92 Å². The second kappa shape index (κ2) is 21.5. The van der Waals surface area contributed by atoms with Crippen LogP contribution >= 0.6 is 12.6 Å². The van der Waals surface area contributed by atoms with Crippen LogP contribution in [0.15, 0.2) is 25.0 Å². The fourth-order valence-electron chi connectivity index (χ4n) is 6.41. The summed E-state index contributed by atoms with van der Waals surface area (Å²) >= 11 is 4.19. The number of nitrogens with zero attached hydrogens (tertiary/aromatic N) is 3. The van der Waals surface area contributed by atoms with Crippen LogP contribution in [0.25, 0.3) is 0 Å². The van der Waals surface area contributed by atoms with Gasteiger partial charge < -0.3 is 57.2 Å². The maximum atomic E-state index is 14.1. The minimum Gasteiger partial charge on any atom is -0.481 e. The molecular formula is C35H50N12O10S. The molecule has 0 bridgehead atoms. The van der Waals surface area contributed by atoms with Crippen molar-refractivity contribution in [2.75, 3.05) is 25.4 Å². The number of carboxylic acid groups (broad SMARTS) is 1. The molecule has 0 radical (unpaired) electrons. The highest BCUT2D eigenvalue weighted by atomic mass is 32.1. The highest BCUT2D eigenvalue weighted by Gasteiger charge is 2.38. The molecule has 22 nitrogen and oxygen atoms in total. The molecule has 4 heterocycles. The first kappa shape index (κ1) is 44.7. The van der Waals surface area contributed by atoms with Crippen LogP contribution in [0.3, 0.4) is 0 Å². The Balaban J connectivity index is 1.69. The number of carbonyl (C=O) groups excluding carboxylic acids is 8. The van der Waals surface area contributed by atoms with Crippen LogP contribution in [0.5, 0.6) is 0 Å². The van der Waals surface area contributed by atoms with Crippen LogP contribution in [0, 0.1) is 5.92 Å². The van der Waals surface area contributed by atoms with Gasteiger partial charge >= 0.3 is 5.97 Å². The average Bonchev–Trinajstić information content (AvgIpc) is 3.99. The van der Waals surface area contributed by atoms with Crippen LogP contribution in [-0.2, 0) is 56.0 Å². The maximum Gasteiger partial charge on any atom is 0.303 e.